The molecule has 3 rings (SSSR count). The number of ether oxygens (including phenoxy) is 1. The molecule has 0 bridgehead atoms. The van der Waals surface area contributed by atoms with Crippen LogP contribution in [0.4, 0.5) is 34.5 Å². The smallest absolute Gasteiger partial charge is 0.229 e. The van der Waals surface area contributed by atoms with Crippen molar-refractivity contribution in [1.82, 2.24) is 15.3 Å². The maximum atomic E-state index is 11.3. The predicted octanol–water partition coefficient (Wildman–Crippen LogP) is 4.61. The summed E-state index contributed by atoms with van der Waals surface area (Å²) in [6.45, 7) is 11.3. The Hall–Kier alpha value is -4.31. The van der Waals surface area contributed by atoms with E-state index in [2.05, 4.69) is 37.6 Å². The SMILES string of the molecule is C=Nc1cnc(Nc2cccc(NC(C)=O)c2)nc1N(C)c1cccc(CCNC=O)c1.CCOCC. The summed E-state index contributed by atoms with van der Waals surface area (Å²) in [5.41, 5.74) is 3.94. The average molecular weight is 506 g/mol. The minimum absolute atomic E-state index is 0.145. The number of carbonyl (C=O) groups is 2. The summed E-state index contributed by atoms with van der Waals surface area (Å²) in [6.07, 6.45) is 3.01. The third-order valence-electron chi connectivity index (χ3n) is 5.02. The number of carbonyl (C=O) groups excluding carboxylic acids is 2. The van der Waals surface area contributed by atoms with Crippen molar-refractivity contribution in [3.63, 3.8) is 0 Å². The number of amides is 2. The molecule has 3 aromatic rings. The summed E-state index contributed by atoms with van der Waals surface area (Å²) in [4.78, 5) is 36.7. The molecule has 0 fully saturated rings. The van der Waals surface area contributed by atoms with E-state index in [0.29, 0.717) is 42.5 Å². The van der Waals surface area contributed by atoms with Crippen LogP contribution in [0.3, 0.4) is 0 Å². The number of aromatic nitrogens is 2. The predicted molar refractivity (Wildman–Crippen MR) is 150 cm³/mol. The molecule has 3 N–H and O–H groups in total. The Labute approximate surface area is 218 Å². The van der Waals surface area contributed by atoms with Crippen LogP contribution in [0.1, 0.15) is 26.3 Å². The van der Waals surface area contributed by atoms with E-state index in [1.807, 2.05) is 62.2 Å². The minimum atomic E-state index is -0.145. The van der Waals surface area contributed by atoms with Gasteiger partial charge in [-0.3, -0.25) is 14.6 Å². The molecule has 1 heterocycles. The molecule has 0 radical (unpaired) electrons. The molecule has 1 aromatic heterocycles. The molecule has 2 amide bonds. The van der Waals surface area contributed by atoms with Gasteiger partial charge in [0.15, 0.2) is 5.82 Å². The molecule has 0 aliphatic rings. The molecule has 0 atom stereocenters. The molecule has 0 aliphatic heterocycles. The molecular weight excluding hydrogens is 470 g/mol. The van der Waals surface area contributed by atoms with Crippen molar-refractivity contribution in [3.8, 4) is 0 Å². The Morgan fingerprint density at radius 1 is 1.14 bits per heavy atom. The highest BCUT2D eigenvalue weighted by atomic mass is 16.5. The Morgan fingerprint density at radius 3 is 2.51 bits per heavy atom. The molecule has 10 heteroatoms. The number of rotatable bonds is 12. The van der Waals surface area contributed by atoms with Crippen molar-refractivity contribution in [2.45, 2.75) is 27.2 Å². The number of nitrogens with zero attached hydrogens (tertiary/aromatic N) is 4. The first-order valence-corrected chi connectivity index (χ1v) is 12.0. The van der Waals surface area contributed by atoms with Crippen LogP contribution in [0.2, 0.25) is 0 Å². The molecule has 0 saturated heterocycles. The highest BCUT2D eigenvalue weighted by molar-refractivity contribution is 5.89. The van der Waals surface area contributed by atoms with Gasteiger partial charge in [-0.25, -0.2) is 4.98 Å². The van der Waals surface area contributed by atoms with Gasteiger partial charge in [-0.15, -0.1) is 0 Å². The van der Waals surface area contributed by atoms with Gasteiger partial charge in [-0.2, -0.15) is 4.98 Å². The summed E-state index contributed by atoms with van der Waals surface area (Å²) in [5.74, 6) is 0.817. The molecular formula is C27H35N7O3. The van der Waals surface area contributed by atoms with Gasteiger partial charge in [0.2, 0.25) is 18.3 Å². The van der Waals surface area contributed by atoms with E-state index in [-0.39, 0.29) is 5.91 Å². The second-order valence-corrected chi connectivity index (χ2v) is 7.78. The lowest BCUT2D eigenvalue weighted by molar-refractivity contribution is -0.114. The van der Waals surface area contributed by atoms with Gasteiger partial charge in [0.25, 0.3) is 0 Å². The first kappa shape index (κ1) is 28.9. The summed E-state index contributed by atoms with van der Waals surface area (Å²) in [5, 5.41) is 8.58. The van der Waals surface area contributed by atoms with Crippen molar-refractivity contribution in [2.75, 3.05) is 42.3 Å². The zero-order valence-electron chi connectivity index (χ0n) is 21.8. The van der Waals surface area contributed by atoms with Crippen LogP contribution in [0.25, 0.3) is 0 Å². The second-order valence-electron chi connectivity index (χ2n) is 7.78. The van der Waals surface area contributed by atoms with Crippen LogP contribution in [-0.2, 0) is 20.7 Å². The van der Waals surface area contributed by atoms with Crippen molar-refractivity contribution < 1.29 is 14.3 Å². The van der Waals surface area contributed by atoms with Crippen molar-refractivity contribution in [3.05, 3.63) is 60.3 Å². The molecule has 196 valence electrons. The number of hydrogen-bond acceptors (Lipinski definition) is 8. The highest BCUT2D eigenvalue weighted by Gasteiger charge is 2.14. The summed E-state index contributed by atoms with van der Waals surface area (Å²) < 4.78 is 4.83. The average Bonchev–Trinajstić information content (AvgIpc) is 2.89. The second kappa shape index (κ2) is 15.6. The molecule has 0 saturated carbocycles. The molecule has 10 nitrogen and oxygen atoms in total. The zero-order chi connectivity index (χ0) is 27.0. The van der Waals surface area contributed by atoms with Crippen LogP contribution >= 0.6 is 0 Å². The van der Waals surface area contributed by atoms with Crippen LogP contribution in [0.15, 0.2) is 59.7 Å². The third kappa shape index (κ3) is 9.69. The lowest BCUT2D eigenvalue weighted by atomic mass is 10.1. The Kier molecular flexibility index (Phi) is 12.2. The van der Waals surface area contributed by atoms with E-state index in [1.54, 1.807) is 18.3 Å². The minimum Gasteiger partial charge on any atom is -0.382 e. The maximum absolute atomic E-state index is 11.3. The van der Waals surface area contributed by atoms with Gasteiger partial charge in [0.1, 0.15) is 5.69 Å². The number of hydrogen-bond donors (Lipinski definition) is 3. The number of aliphatic imine (C=N–C) groups is 1. The monoisotopic (exact) mass is 505 g/mol. The lowest BCUT2D eigenvalue weighted by Crippen LogP contribution is -2.15. The van der Waals surface area contributed by atoms with Crippen LogP contribution in [-0.4, -0.2) is 55.8 Å². The van der Waals surface area contributed by atoms with E-state index in [9.17, 15) is 9.59 Å². The standard InChI is InChI=1S/C23H25N7O2.C4H10O/c1-16(32)27-18-7-5-8-19(13-18)28-23-26-14-21(24-2)22(29-23)30(3)20-9-4-6-17(12-20)10-11-25-15-31;1-3-5-4-2/h4-9,12-15H,2,10-11H2,1,3H3,(H,25,31)(H,27,32)(H,26,28,29);3-4H2,1-2H3. The number of anilines is 5. The van der Waals surface area contributed by atoms with E-state index in [0.717, 1.165) is 30.2 Å². The molecule has 2 aromatic carbocycles. The largest absolute Gasteiger partial charge is 0.382 e. The van der Waals surface area contributed by atoms with Gasteiger partial charge in [-0.05, 0) is 62.9 Å². The first-order valence-electron chi connectivity index (χ1n) is 12.0. The van der Waals surface area contributed by atoms with E-state index >= 15 is 0 Å². The number of benzene rings is 2. The Balaban J connectivity index is 0.000000877. The highest BCUT2D eigenvalue weighted by Crippen LogP contribution is 2.32. The van der Waals surface area contributed by atoms with Gasteiger partial charge in [0, 0.05) is 50.8 Å². The van der Waals surface area contributed by atoms with Crippen molar-refractivity contribution in [2.24, 2.45) is 4.99 Å². The molecule has 37 heavy (non-hydrogen) atoms. The molecule has 0 spiro atoms. The fourth-order valence-corrected chi connectivity index (χ4v) is 3.31. The van der Waals surface area contributed by atoms with Crippen LogP contribution in [0.5, 0.6) is 0 Å². The topological polar surface area (TPSA) is 121 Å². The van der Waals surface area contributed by atoms with Gasteiger partial charge < -0.3 is 25.6 Å². The maximum Gasteiger partial charge on any atom is 0.229 e. The third-order valence-corrected chi connectivity index (χ3v) is 5.02. The Morgan fingerprint density at radius 2 is 1.86 bits per heavy atom. The molecule has 0 aliphatic carbocycles. The fraction of sp³-hybridized carbons (Fsp3) is 0.296. The van der Waals surface area contributed by atoms with E-state index in [4.69, 9.17) is 4.74 Å². The van der Waals surface area contributed by atoms with Crippen molar-refractivity contribution in [1.29, 1.82) is 0 Å². The Bertz CT molecular complexity index is 1170. The van der Waals surface area contributed by atoms with Gasteiger partial charge in [0.05, 0.1) is 6.20 Å². The van der Waals surface area contributed by atoms with Crippen LogP contribution < -0.4 is 20.9 Å². The molecule has 0 unspecified atom stereocenters. The van der Waals surface area contributed by atoms with Crippen molar-refractivity contribution >= 4 is 53.6 Å². The summed E-state index contributed by atoms with van der Waals surface area (Å²) in [7, 11) is 1.89. The first-order chi connectivity index (χ1) is 17.9. The van der Waals surface area contributed by atoms with Gasteiger partial charge >= 0.3 is 0 Å². The lowest BCUT2D eigenvalue weighted by Gasteiger charge is -2.21. The number of nitrogens with one attached hydrogen (secondary N) is 3. The van der Waals surface area contributed by atoms with E-state index in [1.165, 1.54) is 6.92 Å². The fourth-order valence-electron chi connectivity index (χ4n) is 3.31. The summed E-state index contributed by atoms with van der Waals surface area (Å²) in [6, 6.07) is 15.2. The van der Waals surface area contributed by atoms with Crippen LogP contribution in [0, 0.1) is 0 Å². The van der Waals surface area contributed by atoms with Gasteiger partial charge in [-0.1, -0.05) is 18.2 Å². The van der Waals surface area contributed by atoms with E-state index < -0.39 is 0 Å². The normalized spacial score (nSPS) is 9.95. The summed E-state index contributed by atoms with van der Waals surface area (Å²) >= 11 is 0. The zero-order valence-corrected chi connectivity index (χ0v) is 21.8. The quantitative estimate of drug-likeness (QED) is 0.187.